The van der Waals surface area contributed by atoms with Crippen LogP contribution in [-0.4, -0.2) is 69.8 Å². The lowest BCUT2D eigenvalue weighted by Gasteiger charge is -2.39. The Morgan fingerprint density at radius 2 is 1.88 bits per heavy atom. The molecule has 2 N–H and O–H groups in total. The second-order valence-corrected chi connectivity index (χ2v) is 12.0. The molecule has 3 aliphatic rings. The number of aryl methyl sites for hydroxylation is 1. The van der Waals surface area contributed by atoms with Crippen LogP contribution in [0, 0.1) is 18.8 Å². The first-order valence-electron chi connectivity index (χ1n) is 14.8. The number of carbonyl (C=O) groups excluding carboxylic acids is 3. The zero-order valence-electron chi connectivity index (χ0n) is 25.2. The molecule has 0 aromatic heterocycles. The molecular formula is C32H42N4O6. The molecule has 0 spiro atoms. The third-order valence-electron chi connectivity index (χ3n) is 8.20. The van der Waals surface area contributed by atoms with Gasteiger partial charge >= 0.3 is 0 Å². The smallest absolute Gasteiger partial charge is 0.270 e. The Hall–Kier alpha value is -3.63. The summed E-state index contributed by atoms with van der Waals surface area (Å²) in [6.07, 6.45) is 2.96. The van der Waals surface area contributed by atoms with E-state index in [1.165, 1.54) is 0 Å². The SMILES string of the molecule is COCCCN1C(=O)C(C)(C)Oc2ccc(N(C(=O)[C@H]3CNC[C@@H](C(=O)Nc4cc(C)ccc4OC)C3)C3CC3)cc21. The Kier molecular flexibility index (Phi) is 8.75. The van der Waals surface area contributed by atoms with Crippen molar-refractivity contribution >= 4 is 34.8 Å². The minimum Gasteiger partial charge on any atom is -0.495 e. The number of carbonyl (C=O) groups is 3. The van der Waals surface area contributed by atoms with Crippen LogP contribution in [0.15, 0.2) is 36.4 Å². The standard InChI is InChI=1S/C32H42N4O6/c1-20-7-11-27(41-5)25(15-20)34-29(37)21-16-22(19-33-18-21)30(38)36(23-8-9-23)24-10-12-28-26(17-24)35(13-6-14-40-4)31(39)32(2,3)42-28/h7,10-12,15,17,21-23,33H,6,8-9,13-14,16,18-19H2,1-5H3,(H,34,37)/t21-,22+/m0/s1. The van der Waals surface area contributed by atoms with Crippen LogP contribution in [0.3, 0.4) is 0 Å². The van der Waals surface area contributed by atoms with Crippen molar-refractivity contribution < 1.29 is 28.6 Å². The molecule has 42 heavy (non-hydrogen) atoms. The second-order valence-electron chi connectivity index (χ2n) is 12.0. The fraction of sp³-hybridized carbons (Fsp3) is 0.531. The maximum atomic E-state index is 14.1. The predicted molar refractivity (Wildman–Crippen MR) is 161 cm³/mol. The molecule has 10 nitrogen and oxygen atoms in total. The summed E-state index contributed by atoms with van der Waals surface area (Å²) in [4.78, 5) is 44.3. The Labute approximate surface area is 247 Å². The number of nitrogens with zero attached hydrogens (tertiary/aromatic N) is 2. The summed E-state index contributed by atoms with van der Waals surface area (Å²) in [6.45, 7) is 7.53. The summed E-state index contributed by atoms with van der Waals surface area (Å²) >= 11 is 0. The van der Waals surface area contributed by atoms with Crippen molar-refractivity contribution in [3.05, 3.63) is 42.0 Å². The van der Waals surface area contributed by atoms with Crippen LogP contribution in [0.2, 0.25) is 0 Å². The van der Waals surface area contributed by atoms with Gasteiger partial charge in [0.1, 0.15) is 11.5 Å². The third-order valence-corrected chi connectivity index (χ3v) is 8.20. The van der Waals surface area contributed by atoms with Crippen LogP contribution in [-0.2, 0) is 19.1 Å². The fourth-order valence-electron chi connectivity index (χ4n) is 5.83. The molecule has 2 aromatic carbocycles. The summed E-state index contributed by atoms with van der Waals surface area (Å²) in [5.74, 6) is 0.215. The van der Waals surface area contributed by atoms with E-state index in [0.29, 0.717) is 62.0 Å². The van der Waals surface area contributed by atoms with Crippen LogP contribution >= 0.6 is 0 Å². The second kappa shape index (κ2) is 12.3. The van der Waals surface area contributed by atoms with Gasteiger partial charge in [-0.15, -0.1) is 0 Å². The van der Waals surface area contributed by atoms with Gasteiger partial charge in [0.2, 0.25) is 11.8 Å². The van der Waals surface area contributed by atoms with Crippen LogP contribution < -0.4 is 29.9 Å². The molecule has 1 saturated heterocycles. The summed E-state index contributed by atoms with van der Waals surface area (Å²) in [5.41, 5.74) is 2.06. The van der Waals surface area contributed by atoms with Crippen LogP contribution in [0.1, 0.15) is 45.1 Å². The topological polar surface area (TPSA) is 109 Å². The van der Waals surface area contributed by atoms with E-state index in [1.54, 1.807) is 33.0 Å². The molecule has 2 aromatic rings. The molecule has 226 valence electrons. The molecule has 1 aliphatic carbocycles. The number of nitrogens with one attached hydrogen (secondary N) is 2. The molecule has 2 atom stereocenters. The van der Waals surface area contributed by atoms with Crippen molar-refractivity contribution in [2.75, 3.05) is 55.6 Å². The van der Waals surface area contributed by atoms with Gasteiger partial charge in [-0.2, -0.15) is 0 Å². The number of piperidine rings is 1. The Morgan fingerprint density at radius 1 is 1.12 bits per heavy atom. The minimum absolute atomic E-state index is 0.00935. The lowest BCUT2D eigenvalue weighted by Crippen LogP contribution is -2.53. The maximum absolute atomic E-state index is 14.1. The van der Waals surface area contributed by atoms with Crippen molar-refractivity contribution in [1.29, 1.82) is 0 Å². The largest absolute Gasteiger partial charge is 0.495 e. The highest BCUT2D eigenvalue weighted by molar-refractivity contribution is 6.04. The predicted octanol–water partition coefficient (Wildman–Crippen LogP) is 3.90. The Bertz CT molecular complexity index is 1340. The van der Waals surface area contributed by atoms with Crippen LogP contribution in [0.4, 0.5) is 17.1 Å². The van der Waals surface area contributed by atoms with E-state index in [2.05, 4.69) is 10.6 Å². The third kappa shape index (κ3) is 6.24. The number of fused-ring (bicyclic) bond motifs is 1. The molecule has 0 radical (unpaired) electrons. The van der Waals surface area contributed by atoms with E-state index >= 15 is 0 Å². The average molecular weight is 579 g/mol. The summed E-state index contributed by atoms with van der Waals surface area (Å²) in [6, 6.07) is 11.4. The number of methoxy groups -OCH3 is 2. The van der Waals surface area contributed by atoms with Crippen LogP contribution in [0.25, 0.3) is 0 Å². The molecule has 1 saturated carbocycles. The lowest BCUT2D eigenvalue weighted by molar-refractivity contribution is -0.132. The van der Waals surface area contributed by atoms with E-state index in [9.17, 15) is 14.4 Å². The molecule has 5 rings (SSSR count). The van der Waals surface area contributed by atoms with Gasteiger partial charge in [0, 0.05) is 45.1 Å². The molecule has 10 heteroatoms. The molecule has 3 amide bonds. The van der Waals surface area contributed by atoms with Gasteiger partial charge in [0.15, 0.2) is 5.60 Å². The Morgan fingerprint density at radius 3 is 2.60 bits per heavy atom. The molecule has 2 aliphatic heterocycles. The van der Waals surface area contributed by atoms with E-state index in [-0.39, 0.29) is 35.6 Å². The summed E-state index contributed by atoms with van der Waals surface area (Å²) in [7, 11) is 3.22. The number of anilines is 3. The highest BCUT2D eigenvalue weighted by atomic mass is 16.5. The highest BCUT2D eigenvalue weighted by Gasteiger charge is 2.43. The molecule has 2 heterocycles. The van der Waals surface area contributed by atoms with E-state index in [0.717, 1.165) is 24.1 Å². The van der Waals surface area contributed by atoms with Crippen molar-refractivity contribution in [2.45, 2.75) is 58.1 Å². The fourth-order valence-corrected chi connectivity index (χ4v) is 5.83. The quantitative estimate of drug-likeness (QED) is 0.412. The van der Waals surface area contributed by atoms with Gasteiger partial charge in [0.25, 0.3) is 5.91 Å². The lowest BCUT2D eigenvalue weighted by atomic mass is 9.88. The number of benzene rings is 2. The Balaban J connectivity index is 1.35. The van der Waals surface area contributed by atoms with Crippen molar-refractivity contribution in [1.82, 2.24) is 5.32 Å². The molecule has 2 fully saturated rings. The minimum atomic E-state index is -0.987. The van der Waals surface area contributed by atoms with Gasteiger partial charge in [-0.05, 0) is 82.3 Å². The van der Waals surface area contributed by atoms with E-state index < -0.39 is 5.60 Å². The first kappa shape index (κ1) is 29.8. The first-order valence-corrected chi connectivity index (χ1v) is 14.8. The van der Waals surface area contributed by atoms with Crippen molar-refractivity contribution in [2.24, 2.45) is 11.8 Å². The zero-order chi connectivity index (χ0) is 30.0. The van der Waals surface area contributed by atoms with Gasteiger partial charge in [-0.1, -0.05) is 6.07 Å². The highest BCUT2D eigenvalue weighted by Crippen LogP contribution is 2.43. The van der Waals surface area contributed by atoms with Gasteiger partial charge in [-0.25, -0.2) is 0 Å². The molecule has 0 bridgehead atoms. The number of amides is 3. The van der Waals surface area contributed by atoms with E-state index in [4.69, 9.17) is 14.2 Å². The van der Waals surface area contributed by atoms with Crippen molar-refractivity contribution in [3.8, 4) is 11.5 Å². The van der Waals surface area contributed by atoms with Gasteiger partial charge in [0.05, 0.1) is 30.3 Å². The van der Waals surface area contributed by atoms with Crippen LogP contribution in [0.5, 0.6) is 11.5 Å². The van der Waals surface area contributed by atoms with Gasteiger partial charge < -0.3 is 34.6 Å². The number of ether oxygens (including phenoxy) is 3. The number of hydrogen-bond acceptors (Lipinski definition) is 7. The monoisotopic (exact) mass is 578 g/mol. The summed E-state index contributed by atoms with van der Waals surface area (Å²) in [5, 5.41) is 6.32. The summed E-state index contributed by atoms with van der Waals surface area (Å²) < 4.78 is 16.7. The van der Waals surface area contributed by atoms with Gasteiger partial charge in [-0.3, -0.25) is 14.4 Å². The zero-order valence-corrected chi connectivity index (χ0v) is 25.2. The van der Waals surface area contributed by atoms with Crippen molar-refractivity contribution in [3.63, 3.8) is 0 Å². The molecule has 0 unspecified atom stereocenters. The first-order chi connectivity index (χ1) is 20.1. The number of hydrogen-bond donors (Lipinski definition) is 2. The average Bonchev–Trinajstić information content (AvgIpc) is 3.81. The molecular weight excluding hydrogens is 536 g/mol. The normalized spacial score (nSPS) is 21.3. The van der Waals surface area contributed by atoms with E-state index in [1.807, 2.05) is 48.2 Å². The maximum Gasteiger partial charge on any atom is 0.270 e. The number of rotatable bonds is 10.